The summed E-state index contributed by atoms with van der Waals surface area (Å²) in [5, 5.41) is 12.5. The molecule has 6 heteroatoms. The molecule has 3 aromatic rings. The lowest BCUT2D eigenvalue weighted by molar-refractivity contribution is 0.0365. The van der Waals surface area contributed by atoms with Crippen molar-refractivity contribution >= 4 is 21.6 Å². The van der Waals surface area contributed by atoms with Crippen LogP contribution < -0.4 is 4.74 Å². The molecule has 0 saturated carbocycles. The molecule has 0 spiro atoms. The maximum absolute atomic E-state index is 11.3. The number of benzene rings is 1. The van der Waals surface area contributed by atoms with E-state index in [1.54, 1.807) is 18.4 Å². The van der Waals surface area contributed by atoms with Gasteiger partial charge < -0.3 is 19.1 Å². The number of hydrogen-bond acceptors (Lipinski definition) is 5. The fraction of sp³-hybridized carbons (Fsp3) is 0.455. The normalized spacial score (nSPS) is 17.7. The van der Waals surface area contributed by atoms with Crippen LogP contribution in [0.5, 0.6) is 5.75 Å². The first-order valence-electron chi connectivity index (χ1n) is 9.76. The van der Waals surface area contributed by atoms with Crippen LogP contribution in [0.3, 0.4) is 0 Å². The number of aromatic nitrogens is 1. The Morgan fingerprint density at radius 2 is 1.86 bits per heavy atom. The van der Waals surface area contributed by atoms with Crippen LogP contribution >= 0.6 is 11.3 Å². The third-order valence-corrected chi connectivity index (χ3v) is 7.04. The Labute approximate surface area is 170 Å². The van der Waals surface area contributed by atoms with E-state index in [1.165, 1.54) is 15.9 Å². The van der Waals surface area contributed by atoms with E-state index in [2.05, 4.69) is 28.5 Å². The zero-order chi connectivity index (χ0) is 19.7. The molecule has 3 heterocycles. The summed E-state index contributed by atoms with van der Waals surface area (Å²) in [6, 6.07) is 12.0. The average molecular weight is 401 g/mol. The van der Waals surface area contributed by atoms with E-state index in [4.69, 9.17) is 9.47 Å². The highest BCUT2D eigenvalue weighted by atomic mass is 32.1. The first kappa shape index (κ1) is 19.5. The monoisotopic (exact) mass is 400 g/mol. The average Bonchev–Trinajstić information content (AvgIpc) is 3.25. The van der Waals surface area contributed by atoms with E-state index in [-0.39, 0.29) is 0 Å². The number of fused-ring (bicyclic) bond motifs is 1. The Bertz CT molecular complexity index is 937. The molecule has 0 aliphatic carbocycles. The molecule has 1 atom stereocenters. The summed E-state index contributed by atoms with van der Waals surface area (Å²) in [7, 11) is 1.65. The molecule has 1 aliphatic rings. The smallest absolute Gasteiger partial charge is 0.121 e. The summed E-state index contributed by atoms with van der Waals surface area (Å²) >= 11 is 1.68. The Morgan fingerprint density at radius 3 is 2.54 bits per heavy atom. The van der Waals surface area contributed by atoms with E-state index >= 15 is 0 Å². The third kappa shape index (κ3) is 3.70. The van der Waals surface area contributed by atoms with Crippen LogP contribution in [0.1, 0.15) is 23.1 Å². The maximum atomic E-state index is 11.3. The molecule has 150 valence electrons. The van der Waals surface area contributed by atoms with Gasteiger partial charge in [0.05, 0.1) is 20.3 Å². The van der Waals surface area contributed by atoms with Crippen LogP contribution in [0.25, 0.3) is 10.2 Å². The first-order chi connectivity index (χ1) is 13.5. The molecule has 2 aromatic heterocycles. The van der Waals surface area contributed by atoms with Gasteiger partial charge in [0.25, 0.3) is 0 Å². The van der Waals surface area contributed by atoms with Gasteiger partial charge in [0.15, 0.2) is 0 Å². The van der Waals surface area contributed by atoms with Crippen LogP contribution in [0.15, 0.2) is 36.4 Å². The molecular formula is C22H28N2O3S. The largest absolute Gasteiger partial charge is 0.497 e. The van der Waals surface area contributed by atoms with Crippen molar-refractivity contribution in [3.05, 3.63) is 52.5 Å². The van der Waals surface area contributed by atoms with E-state index < -0.39 is 5.60 Å². The standard InChI is InChI=1S/C22H28N2O3S/c1-16-14-17-15-20(22(2,25)18-4-6-19(26-3)7-5-18)28-21(17)24(16)9-8-23-10-12-27-13-11-23/h4-7,14-15,25H,8-13H2,1-3H3. The van der Waals surface area contributed by atoms with Crippen LogP contribution in [0, 0.1) is 6.92 Å². The van der Waals surface area contributed by atoms with E-state index in [0.29, 0.717) is 0 Å². The highest BCUT2D eigenvalue weighted by Crippen LogP contribution is 2.39. The SMILES string of the molecule is COc1ccc(C(C)(O)c2cc3cc(C)n(CCN4CCOCC4)c3s2)cc1. The van der Waals surface area contributed by atoms with E-state index in [0.717, 1.165) is 55.6 Å². The predicted molar refractivity (Wildman–Crippen MR) is 113 cm³/mol. The van der Waals surface area contributed by atoms with Crippen molar-refractivity contribution in [3.8, 4) is 5.75 Å². The van der Waals surface area contributed by atoms with Gasteiger partial charge in [0.2, 0.25) is 0 Å². The number of ether oxygens (including phenoxy) is 2. The summed E-state index contributed by atoms with van der Waals surface area (Å²) in [5.41, 5.74) is 1.11. The maximum Gasteiger partial charge on any atom is 0.121 e. The van der Waals surface area contributed by atoms with Crippen LogP contribution in [0.2, 0.25) is 0 Å². The summed E-state index contributed by atoms with van der Waals surface area (Å²) in [4.78, 5) is 4.65. The van der Waals surface area contributed by atoms with Crippen molar-refractivity contribution in [2.75, 3.05) is 40.0 Å². The number of thiophene rings is 1. The minimum absolute atomic E-state index is 0.793. The van der Waals surface area contributed by atoms with Crippen LogP contribution in [-0.4, -0.2) is 54.5 Å². The minimum Gasteiger partial charge on any atom is -0.497 e. The summed E-state index contributed by atoms with van der Waals surface area (Å²) in [6.45, 7) is 9.67. The lowest BCUT2D eigenvalue weighted by Gasteiger charge is -2.27. The molecule has 1 saturated heterocycles. The molecule has 0 amide bonds. The van der Waals surface area contributed by atoms with E-state index in [9.17, 15) is 5.11 Å². The second-order valence-electron chi connectivity index (χ2n) is 7.56. The van der Waals surface area contributed by atoms with Gasteiger partial charge in [0.1, 0.15) is 16.2 Å². The summed E-state index contributed by atoms with van der Waals surface area (Å²) < 4.78 is 13.1. The second-order valence-corrected chi connectivity index (χ2v) is 8.59. The molecule has 1 unspecified atom stereocenters. The van der Waals surface area contributed by atoms with Crippen LogP contribution in [-0.2, 0) is 16.9 Å². The van der Waals surface area contributed by atoms with Gasteiger partial charge in [-0.2, -0.15) is 0 Å². The fourth-order valence-corrected chi connectivity index (χ4v) is 5.11. The Morgan fingerprint density at radius 1 is 1.14 bits per heavy atom. The third-order valence-electron chi connectivity index (χ3n) is 5.65. The van der Waals surface area contributed by atoms with Gasteiger partial charge in [-0.1, -0.05) is 12.1 Å². The molecule has 28 heavy (non-hydrogen) atoms. The predicted octanol–water partition coefficient (Wildman–Crippen LogP) is 3.61. The quantitative estimate of drug-likeness (QED) is 0.687. The lowest BCUT2D eigenvalue weighted by atomic mass is 9.94. The zero-order valence-corrected chi connectivity index (χ0v) is 17.6. The Balaban J connectivity index is 1.59. The van der Waals surface area contributed by atoms with Crippen LogP contribution in [0.4, 0.5) is 0 Å². The highest BCUT2D eigenvalue weighted by molar-refractivity contribution is 7.18. The molecule has 4 rings (SSSR count). The number of hydrogen-bond donors (Lipinski definition) is 1. The molecule has 5 nitrogen and oxygen atoms in total. The van der Waals surface area contributed by atoms with Crippen molar-refractivity contribution in [2.45, 2.75) is 26.0 Å². The topological polar surface area (TPSA) is 46.9 Å². The van der Waals surface area contributed by atoms with Crippen molar-refractivity contribution in [1.82, 2.24) is 9.47 Å². The number of morpholine rings is 1. The van der Waals surface area contributed by atoms with Gasteiger partial charge >= 0.3 is 0 Å². The van der Waals surface area contributed by atoms with Crippen molar-refractivity contribution < 1.29 is 14.6 Å². The van der Waals surface area contributed by atoms with Gasteiger partial charge in [-0.05, 0) is 43.7 Å². The molecule has 0 radical (unpaired) electrons. The van der Waals surface area contributed by atoms with E-state index in [1.807, 2.05) is 31.2 Å². The number of methoxy groups -OCH3 is 1. The van der Waals surface area contributed by atoms with Crippen molar-refractivity contribution in [3.63, 3.8) is 0 Å². The van der Waals surface area contributed by atoms with Gasteiger partial charge in [-0.15, -0.1) is 11.3 Å². The zero-order valence-electron chi connectivity index (χ0n) is 16.8. The highest BCUT2D eigenvalue weighted by Gasteiger charge is 2.29. The van der Waals surface area contributed by atoms with Gasteiger partial charge in [-0.3, -0.25) is 4.90 Å². The molecule has 1 N–H and O–H groups in total. The number of nitrogens with zero attached hydrogens (tertiary/aromatic N) is 2. The summed E-state index contributed by atoms with van der Waals surface area (Å²) in [6.07, 6.45) is 0. The Kier molecular flexibility index (Phi) is 5.47. The minimum atomic E-state index is -1.03. The second kappa shape index (κ2) is 7.87. The number of aryl methyl sites for hydroxylation is 1. The van der Waals surface area contributed by atoms with Gasteiger partial charge in [0, 0.05) is 42.1 Å². The number of aliphatic hydroxyl groups is 1. The van der Waals surface area contributed by atoms with Crippen molar-refractivity contribution in [2.24, 2.45) is 0 Å². The summed E-state index contributed by atoms with van der Waals surface area (Å²) in [5.74, 6) is 0.793. The first-order valence-corrected chi connectivity index (χ1v) is 10.6. The molecule has 1 aliphatic heterocycles. The van der Waals surface area contributed by atoms with Crippen molar-refractivity contribution in [1.29, 1.82) is 0 Å². The van der Waals surface area contributed by atoms with Gasteiger partial charge in [-0.25, -0.2) is 0 Å². The fourth-order valence-electron chi connectivity index (χ4n) is 3.81. The lowest BCUT2D eigenvalue weighted by Crippen LogP contribution is -2.38. The molecule has 1 fully saturated rings. The number of rotatable bonds is 6. The molecular weight excluding hydrogens is 372 g/mol. The molecule has 1 aromatic carbocycles. The molecule has 0 bridgehead atoms. The Hall–Kier alpha value is -1.86.